The van der Waals surface area contributed by atoms with Crippen LogP contribution in [0.1, 0.15) is 34.2 Å². The Morgan fingerprint density at radius 2 is 1.78 bits per heavy atom. The molecule has 0 aliphatic heterocycles. The summed E-state index contributed by atoms with van der Waals surface area (Å²) in [6.45, 7) is 4.33. The van der Waals surface area contributed by atoms with E-state index in [0.717, 1.165) is 22.3 Å². The number of aryl methyl sites for hydroxylation is 1. The number of benzene rings is 3. The van der Waals surface area contributed by atoms with Crippen molar-refractivity contribution in [1.29, 1.82) is 0 Å². The summed E-state index contributed by atoms with van der Waals surface area (Å²) in [4.78, 5) is 31.9. The number of ether oxygens (including phenoxy) is 2. The van der Waals surface area contributed by atoms with E-state index in [0.29, 0.717) is 53.0 Å². The predicted molar refractivity (Wildman–Crippen MR) is 146 cm³/mol. The van der Waals surface area contributed by atoms with E-state index in [-0.39, 0.29) is 6.61 Å². The van der Waals surface area contributed by atoms with Crippen LogP contribution in [0.25, 0.3) is 33.5 Å². The maximum Gasteiger partial charge on any atom is 0.439 e. The molecule has 6 rings (SSSR count). The maximum absolute atomic E-state index is 13.2. The quantitative estimate of drug-likeness (QED) is 0.253. The van der Waals surface area contributed by atoms with E-state index in [4.69, 9.17) is 18.6 Å². The van der Waals surface area contributed by atoms with Crippen molar-refractivity contribution < 1.29 is 23.4 Å². The fourth-order valence-corrected chi connectivity index (χ4v) is 4.57. The molecular formula is C29H24N6O6. The summed E-state index contributed by atoms with van der Waals surface area (Å²) in [5, 5.41) is 11.3. The highest BCUT2D eigenvalue weighted by atomic mass is 16.6. The van der Waals surface area contributed by atoms with Crippen LogP contribution in [0.5, 0.6) is 6.01 Å². The first kappa shape index (κ1) is 25.7. The number of para-hydroxylation sites is 1. The molecule has 0 amide bonds. The molecule has 1 N–H and O–H groups in total. The number of aromatic amines is 1. The monoisotopic (exact) mass is 552 g/mol. The number of rotatable bonds is 9. The lowest BCUT2D eigenvalue weighted by molar-refractivity contribution is 0.0465. The van der Waals surface area contributed by atoms with Crippen LogP contribution in [0.15, 0.2) is 80.7 Å². The number of nitrogens with one attached hydrogen (secondary N) is 1. The molecule has 41 heavy (non-hydrogen) atoms. The number of H-pyrrole nitrogens is 1. The van der Waals surface area contributed by atoms with Gasteiger partial charge in [-0.25, -0.2) is 14.2 Å². The third kappa shape index (κ3) is 5.10. The van der Waals surface area contributed by atoms with E-state index in [9.17, 15) is 9.59 Å². The van der Waals surface area contributed by atoms with Gasteiger partial charge in [0.05, 0.1) is 29.7 Å². The number of aromatic nitrogens is 6. The molecule has 0 saturated heterocycles. The lowest BCUT2D eigenvalue weighted by atomic mass is 9.98. The summed E-state index contributed by atoms with van der Waals surface area (Å²) in [5.41, 5.74) is 6.06. The minimum Gasteiger partial charge on any atom is -0.465 e. The lowest BCUT2D eigenvalue weighted by Gasteiger charge is -2.12. The standard InChI is InChI=1S/C29H24N6O6/c1-3-38-28-30-23-10-6-9-22(27(36)39-16-24-17(2)32-41-33-24)25(23)35(28)15-18-11-13-19(14-12-18)20-7-4-5-8-21(20)26-31-29(37)40-34-26/h4-14H,3,15-16H2,1-2H3,(H,31,34,37). The van der Waals surface area contributed by atoms with Gasteiger partial charge in [0.2, 0.25) is 0 Å². The van der Waals surface area contributed by atoms with Crippen molar-refractivity contribution >= 4 is 17.0 Å². The van der Waals surface area contributed by atoms with Gasteiger partial charge < -0.3 is 9.47 Å². The minimum absolute atomic E-state index is 0.0673. The average molecular weight is 553 g/mol. The Bertz CT molecular complexity index is 1900. The molecule has 0 atom stereocenters. The number of carbonyl (C=O) groups excluding carboxylic acids is 1. The van der Waals surface area contributed by atoms with Crippen LogP contribution in [-0.2, 0) is 17.9 Å². The number of hydrogen-bond acceptors (Lipinski definition) is 10. The zero-order chi connectivity index (χ0) is 28.3. The van der Waals surface area contributed by atoms with Crippen molar-refractivity contribution in [2.75, 3.05) is 6.61 Å². The van der Waals surface area contributed by atoms with Crippen LogP contribution in [0, 0.1) is 6.92 Å². The van der Waals surface area contributed by atoms with Crippen LogP contribution in [0.2, 0.25) is 0 Å². The molecule has 0 fully saturated rings. The van der Waals surface area contributed by atoms with Crippen molar-refractivity contribution in [3.63, 3.8) is 0 Å². The molecule has 12 heteroatoms. The third-order valence-corrected chi connectivity index (χ3v) is 6.54. The van der Waals surface area contributed by atoms with Gasteiger partial charge in [-0.1, -0.05) is 70.1 Å². The van der Waals surface area contributed by atoms with Crippen LogP contribution < -0.4 is 10.5 Å². The molecular weight excluding hydrogens is 528 g/mol. The molecule has 206 valence electrons. The van der Waals surface area contributed by atoms with Crippen LogP contribution in [-0.4, -0.2) is 42.6 Å². The molecule has 6 aromatic rings. The van der Waals surface area contributed by atoms with Gasteiger partial charge in [0.25, 0.3) is 6.01 Å². The molecule has 3 aromatic carbocycles. The third-order valence-electron chi connectivity index (χ3n) is 6.54. The normalized spacial score (nSPS) is 11.2. The van der Waals surface area contributed by atoms with E-state index in [1.807, 2.05) is 66.1 Å². The second-order valence-corrected chi connectivity index (χ2v) is 9.15. The molecule has 0 saturated carbocycles. The van der Waals surface area contributed by atoms with Gasteiger partial charge in [-0.05, 0) is 42.7 Å². The van der Waals surface area contributed by atoms with E-state index in [1.54, 1.807) is 19.1 Å². The van der Waals surface area contributed by atoms with Gasteiger partial charge in [0.15, 0.2) is 5.82 Å². The fourth-order valence-electron chi connectivity index (χ4n) is 4.57. The first-order valence-electron chi connectivity index (χ1n) is 12.8. The highest BCUT2D eigenvalue weighted by Crippen LogP contribution is 2.31. The number of fused-ring (bicyclic) bond motifs is 1. The summed E-state index contributed by atoms with van der Waals surface area (Å²) >= 11 is 0. The van der Waals surface area contributed by atoms with Crippen molar-refractivity contribution in [1.82, 2.24) is 30.0 Å². The SMILES string of the molecule is CCOc1nc2cccc(C(=O)OCc3nonc3C)c2n1Cc1ccc(-c2ccccc2-c2noc(=O)[nH]2)cc1. The fraction of sp³-hybridized carbons (Fsp3) is 0.172. The summed E-state index contributed by atoms with van der Waals surface area (Å²) in [5.74, 6) is -0.785. The zero-order valence-corrected chi connectivity index (χ0v) is 22.2. The molecule has 0 aliphatic carbocycles. The molecule has 0 unspecified atom stereocenters. The molecule has 3 aromatic heterocycles. The van der Waals surface area contributed by atoms with Crippen molar-refractivity contribution in [2.45, 2.75) is 27.0 Å². The summed E-state index contributed by atoms with van der Waals surface area (Å²) in [6, 6.07) is 21.2. The van der Waals surface area contributed by atoms with Gasteiger partial charge >= 0.3 is 11.7 Å². The second kappa shape index (κ2) is 10.9. The summed E-state index contributed by atoms with van der Waals surface area (Å²) < 4.78 is 22.6. The molecule has 12 nitrogen and oxygen atoms in total. The number of esters is 1. The molecule has 0 aliphatic rings. The van der Waals surface area contributed by atoms with E-state index in [2.05, 4.69) is 25.4 Å². The highest BCUT2D eigenvalue weighted by Gasteiger charge is 2.21. The maximum atomic E-state index is 13.2. The average Bonchev–Trinajstić information content (AvgIpc) is 3.71. The molecule has 0 spiro atoms. The number of imidazole rings is 1. The van der Waals surface area contributed by atoms with Crippen LogP contribution >= 0.6 is 0 Å². The summed E-state index contributed by atoms with van der Waals surface area (Å²) in [6.07, 6.45) is 0. The van der Waals surface area contributed by atoms with Gasteiger partial charge in [0, 0.05) is 5.56 Å². The van der Waals surface area contributed by atoms with Crippen molar-refractivity contribution in [3.05, 3.63) is 99.8 Å². The lowest BCUT2D eigenvalue weighted by Crippen LogP contribution is -2.10. The number of hydrogen-bond donors (Lipinski definition) is 1. The number of carbonyl (C=O) groups is 1. The minimum atomic E-state index is -0.615. The van der Waals surface area contributed by atoms with Crippen molar-refractivity contribution in [3.8, 4) is 28.5 Å². The van der Waals surface area contributed by atoms with Gasteiger partial charge in [-0.2, -0.15) is 4.98 Å². The van der Waals surface area contributed by atoms with Gasteiger partial charge in [-0.15, -0.1) is 0 Å². The largest absolute Gasteiger partial charge is 0.465 e. The van der Waals surface area contributed by atoms with Crippen LogP contribution in [0.4, 0.5) is 0 Å². The van der Waals surface area contributed by atoms with Gasteiger partial charge in [0.1, 0.15) is 18.0 Å². The Morgan fingerprint density at radius 3 is 2.49 bits per heavy atom. The highest BCUT2D eigenvalue weighted by molar-refractivity contribution is 6.02. The Balaban J connectivity index is 1.32. The first-order valence-corrected chi connectivity index (χ1v) is 12.8. The Kier molecular flexibility index (Phi) is 6.86. The van der Waals surface area contributed by atoms with E-state index < -0.39 is 11.7 Å². The zero-order valence-electron chi connectivity index (χ0n) is 22.2. The smallest absolute Gasteiger partial charge is 0.439 e. The Hall–Kier alpha value is -5.52. The van der Waals surface area contributed by atoms with Crippen LogP contribution in [0.3, 0.4) is 0 Å². The summed E-state index contributed by atoms with van der Waals surface area (Å²) in [7, 11) is 0. The van der Waals surface area contributed by atoms with E-state index >= 15 is 0 Å². The van der Waals surface area contributed by atoms with Gasteiger partial charge in [-0.3, -0.25) is 14.1 Å². The predicted octanol–water partition coefficient (Wildman–Crippen LogP) is 4.54. The van der Waals surface area contributed by atoms with E-state index in [1.165, 1.54) is 0 Å². The second-order valence-electron chi connectivity index (χ2n) is 9.15. The Labute approximate surface area is 232 Å². The first-order chi connectivity index (χ1) is 20.0. The molecule has 0 radical (unpaired) electrons. The topological polar surface area (TPSA) is 151 Å². The Morgan fingerprint density at radius 1 is 0.976 bits per heavy atom. The molecule has 0 bridgehead atoms. The molecule has 3 heterocycles. The van der Waals surface area contributed by atoms with Crippen molar-refractivity contribution in [2.24, 2.45) is 0 Å². The number of nitrogens with zero attached hydrogens (tertiary/aromatic N) is 5.